The molecule has 92 valence electrons. The topological polar surface area (TPSA) is 122 Å². The third kappa shape index (κ3) is 5.30. The molecule has 2 atom stereocenters. The van der Waals surface area contributed by atoms with Crippen molar-refractivity contribution in [2.75, 3.05) is 6.54 Å². The molecule has 0 aromatic carbocycles. The van der Waals surface area contributed by atoms with Gasteiger partial charge in [0.05, 0.1) is 12.5 Å². The third-order valence-corrected chi connectivity index (χ3v) is 1.83. The number of nitrogens with one attached hydrogen (secondary N) is 2. The van der Waals surface area contributed by atoms with Gasteiger partial charge in [-0.3, -0.25) is 14.4 Å². The van der Waals surface area contributed by atoms with Crippen LogP contribution in [0.15, 0.2) is 0 Å². The molecule has 2 unspecified atom stereocenters. The first-order valence-electron chi connectivity index (χ1n) is 4.94. The molecule has 0 aromatic heterocycles. The molecule has 5 N–H and O–H groups in total. The maximum atomic E-state index is 11.3. The molecule has 0 aliphatic rings. The summed E-state index contributed by atoms with van der Waals surface area (Å²) in [6.07, 6.45) is -0.464. The van der Waals surface area contributed by atoms with E-state index in [-0.39, 0.29) is 5.91 Å². The monoisotopic (exact) mass is 231 g/mol. The fraction of sp³-hybridized carbons (Fsp3) is 0.667. The minimum Gasteiger partial charge on any atom is -0.481 e. The summed E-state index contributed by atoms with van der Waals surface area (Å²) in [6, 6.07) is -1.87. The highest BCUT2D eigenvalue weighted by Crippen LogP contribution is 1.90. The second kappa shape index (κ2) is 6.78. The first-order chi connectivity index (χ1) is 7.38. The zero-order valence-corrected chi connectivity index (χ0v) is 9.32. The second-order valence-electron chi connectivity index (χ2n) is 3.33. The number of likely N-dealkylation sites (N-methyl/N-ethyl adjacent to an activating group) is 1. The molecule has 0 aliphatic carbocycles. The highest BCUT2D eigenvalue weighted by molar-refractivity contribution is 5.91. The van der Waals surface area contributed by atoms with Crippen LogP contribution in [-0.4, -0.2) is 41.5 Å². The quantitative estimate of drug-likeness (QED) is 0.440. The van der Waals surface area contributed by atoms with Crippen LogP contribution in [0, 0.1) is 0 Å². The zero-order valence-electron chi connectivity index (χ0n) is 9.32. The molecule has 0 heterocycles. The van der Waals surface area contributed by atoms with E-state index in [2.05, 4.69) is 10.6 Å². The maximum absolute atomic E-state index is 11.3. The molecule has 0 bridgehead atoms. The van der Waals surface area contributed by atoms with Gasteiger partial charge in [-0.2, -0.15) is 0 Å². The van der Waals surface area contributed by atoms with Crippen LogP contribution in [0.5, 0.6) is 0 Å². The van der Waals surface area contributed by atoms with Gasteiger partial charge in [0.2, 0.25) is 11.8 Å². The van der Waals surface area contributed by atoms with Gasteiger partial charge in [0.1, 0.15) is 6.04 Å². The molecule has 0 aromatic rings. The van der Waals surface area contributed by atoms with Crippen molar-refractivity contribution < 1.29 is 19.5 Å². The molecule has 0 rings (SSSR count). The predicted octanol–water partition coefficient (Wildman–Crippen LogP) is -1.57. The van der Waals surface area contributed by atoms with Crippen LogP contribution >= 0.6 is 0 Å². The summed E-state index contributed by atoms with van der Waals surface area (Å²) in [4.78, 5) is 32.9. The third-order valence-electron chi connectivity index (χ3n) is 1.83. The van der Waals surface area contributed by atoms with Crippen molar-refractivity contribution >= 4 is 17.8 Å². The number of nitrogens with two attached hydrogens (primary N) is 1. The van der Waals surface area contributed by atoms with Gasteiger partial charge in [0.25, 0.3) is 0 Å². The minimum absolute atomic E-state index is 0.335. The number of amides is 2. The molecular formula is C9H17N3O4. The average Bonchev–Trinajstić information content (AvgIpc) is 2.16. The Bertz CT molecular complexity index is 280. The van der Waals surface area contributed by atoms with E-state index < -0.39 is 30.4 Å². The van der Waals surface area contributed by atoms with Crippen LogP contribution in [0.4, 0.5) is 0 Å². The fourth-order valence-corrected chi connectivity index (χ4v) is 0.994. The Morgan fingerprint density at radius 3 is 2.31 bits per heavy atom. The average molecular weight is 231 g/mol. The lowest BCUT2D eigenvalue weighted by atomic mass is 10.2. The molecule has 2 amide bonds. The van der Waals surface area contributed by atoms with Crippen molar-refractivity contribution in [2.24, 2.45) is 5.73 Å². The largest absolute Gasteiger partial charge is 0.481 e. The number of carbonyl (C=O) groups excluding carboxylic acids is 2. The molecule has 0 spiro atoms. The lowest BCUT2D eigenvalue weighted by Gasteiger charge is -2.15. The van der Waals surface area contributed by atoms with E-state index in [0.29, 0.717) is 6.54 Å². The number of aliphatic carboxylic acids is 1. The number of hydrogen-bond acceptors (Lipinski definition) is 4. The van der Waals surface area contributed by atoms with Gasteiger partial charge in [-0.15, -0.1) is 0 Å². The maximum Gasteiger partial charge on any atom is 0.305 e. The molecule has 0 saturated heterocycles. The lowest BCUT2D eigenvalue weighted by molar-refractivity contribution is -0.139. The molecule has 7 heteroatoms. The Morgan fingerprint density at radius 2 is 1.88 bits per heavy atom. The molecule has 16 heavy (non-hydrogen) atoms. The second-order valence-corrected chi connectivity index (χ2v) is 3.33. The summed E-state index contributed by atoms with van der Waals surface area (Å²) in [5.74, 6) is -2.15. The minimum atomic E-state index is -1.16. The van der Waals surface area contributed by atoms with E-state index in [4.69, 9.17) is 10.8 Å². The van der Waals surface area contributed by atoms with Gasteiger partial charge in [-0.25, -0.2) is 0 Å². The van der Waals surface area contributed by atoms with Gasteiger partial charge >= 0.3 is 5.97 Å². The van der Waals surface area contributed by atoms with Crippen LogP contribution in [-0.2, 0) is 14.4 Å². The highest BCUT2D eigenvalue weighted by atomic mass is 16.4. The molecule has 0 fully saturated rings. The molecular weight excluding hydrogens is 214 g/mol. The SMILES string of the molecule is CCNC(=O)C(C)NC(=O)C(N)CC(=O)O. The number of hydrogen-bond donors (Lipinski definition) is 4. The standard InChI is InChI=1S/C9H17N3O4/c1-3-11-8(15)5(2)12-9(16)6(10)4-7(13)14/h5-6H,3-4,10H2,1-2H3,(H,11,15)(H,12,16)(H,13,14). The van der Waals surface area contributed by atoms with Crippen molar-refractivity contribution in [2.45, 2.75) is 32.4 Å². The van der Waals surface area contributed by atoms with Gasteiger partial charge in [0.15, 0.2) is 0 Å². The Labute approximate surface area is 93.4 Å². The van der Waals surface area contributed by atoms with E-state index in [0.717, 1.165) is 0 Å². The summed E-state index contributed by atoms with van der Waals surface area (Å²) < 4.78 is 0. The van der Waals surface area contributed by atoms with Crippen molar-refractivity contribution in [3.05, 3.63) is 0 Å². The first-order valence-corrected chi connectivity index (χ1v) is 4.94. The summed E-state index contributed by atoms with van der Waals surface area (Å²) in [7, 11) is 0. The number of rotatable bonds is 6. The molecule has 0 radical (unpaired) electrons. The van der Waals surface area contributed by atoms with Crippen LogP contribution in [0.1, 0.15) is 20.3 Å². The van der Waals surface area contributed by atoms with Gasteiger partial charge < -0.3 is 21.5 Å². The van der Waals surface area contributed by atoms with Crippen molar-refractivity contribution in [1.29, 1.82) is 0 Å². The van der Waals surface area contributed by atoms with E-state index in [1.54, 1.807) is 6.92 Å². The smallest absolute Gasteiger partial charge is 0.305 e. The lowest BCUT2D eigenvalue weighted by Crippen LogP contribution is -2.50. The number of carbonyl (C=O) groups is 3. The molecule has 7 nitrogen and oxygen atoms in total. The fourth-order valence-electron chi connectivity index (χ4n) is 0.994. The first kappa shape index (κ1) is 14.4. The molecule has 0 saturated carbocycles. The van der Waals surface area contributed by atoms with Crippen molar-refractivity contribution in [3.8, 4) is 0 Å². The Morgan fingerprint density at radius 1 is 1.31 bits per heavy atom. The highest BCUT2D eigenvalue weighted by Gasteiger charge is 2.21. The van der Waals surface area contributed by atoms with Gasteiger partial charge in [-0.05, 0) is 13.8 Å². The Hall–Kier alpha value is -1.63. The van der Waals surface area contributed by atoms with Crippen LogP contribution in [0.2, 0.25) is 0 Å². The number of carboxylic acids is 1. The molecule has 0 aliphatic heterocycles. The zero-order chi connectivity index (χ0) is 12.7. The van der Waals surface area contributed by atoms with Crippen molar-refractivity contribution in [1.82, 2.24) is 10.6 Å². The van der Waals surface area contributed by atoms with Gasteiger partial charge in [-0.1, -0.05) is 0 Å². The van der Waals surface area contributed by atoms with E-state index >= 15 is 0 Å². The number of carboxylic acid groups (broad SMARTS) is 1. The van der Waals surface area contributed by atoms with Gasteiger partial charge in [0, 0.05) is 6.54 Å². The van der Waals surface area contributed by atoms with E-state index in [1.807, 2.05) is 0 Å². The van der Waals surface area contributed by atoms with E-state index in [1.165, 1.54) is 6.92 Å². The Kier molecular flexibility index (Phi) is 6.09. The Balaban J connectivity index is 4.12. The van der Waals surface area contributed by atoms with E-state index in [9.17, 15) is 14.4 Å². The summed E-state index contributed by atoms with van der Waals surface area (Å²) in [5.41, 5.74) is 5.32. The normalized spacial score (nSPS) is 13.7. The summed E-state index contributed by atoms with van der Waals surface area (Å²) in [5, 5.41) is 13.3. The van der Waals surface area contributed by atoms with Crippen LogP contribution < -0.4 is 16.4 Å². The van der Waals surface area contributed by atoms with Crippen LogP contribution in [0.25, 0.3) is 0 Å². The predicted molar refractivity (Wildman–Crippen MR) is 56.5 cm³/mol. The summed E-state index contributed by atoms with van der Waals surface area (Å²) in [6.45, 7) is 3.71. The summed E-state index contributed by atoms with van der Waals surface area (Å²) >= 11 is 0. The van der Waals surface area contributed by atoms with Crippen molar-refractivity contribution in [3.63, 3.8) is 0 Å². The van der Waals surface area contributed by atoms with Crippen LogP contribution in [0.3, 0.4) is 0 Å².